The quantitative estimate of drug-likeness (QED) is 0.544. The molecule has 0 aromatic carbocycles. The monoisotopic (exact) mass is 211 g/mol. The smallest absolute Gasteiger partial charge is 0.0599 e. The average molecular weight is 211 g/mol. The standard InChI is InChI=1S/C13H25NO/c1-9(2)13(4,5)11-6-7-12(14-15)10(3)8-11/h9-11,15H,6-8H2,1-5H3/b14-12+/t10-,11+/m1/s1. The normalized spacial score (nSPS) is 31.2. The fourth-order valence-electron chi connectivity index (χ4n) is 2.54. The van der Waals surface area contributed by atoms with E-state index in [0.717, 1.165) is 18.1 Å². The van der Waals surface area contributed by atoms with Crippen molar-refractivity contribution < 1.29 is 5.21 Å². The fourth-order valence-corrected chi connectivity index (χ4v) is 2.54. The number of nitrogens with zero attached hydrogens (tertiary/aromatic N) is 1. The van der Waals surface area contributed by atoms with E-state index in [-0.39, 0.29) is 0 Å². The zero-order valence-electron chi connectivity index (χ0n) is 10.7. The van der Waals surface area contributed by atoms with Gasteiger partial charge in [0.25, 0.3) is 0 Å². The predicted octanol–water partition coefficient (Wildman–Crippen LogP) is 3.94. The van der Waals surface area contributed by atoms with E-state index in [1.807, 2.05) is 0 Å². The molecule has 2 nitrogen and oxygen atoms in total. The lowest BCUT2D eigenvalue weighted by Crippen LogP contribution is -2.35. The molecule has 88 valence electrons. The van der Waals surface area contributed by atoms with Gasteiger partial charge in [0.05, 0.1) is 5.71 Å². The molecule has 0 spiro atoms. The topological polar surface area (TPSA) is 32.6 Å². The highest BCUT2D eigenvalue weighted by Gasteiger charge is 2.36. The lowest BCUT2D eigenvalue weighted by Gasteiger charge is -2.42. The molecule has 1 N–H and O–H groups in total. The van der Waals surface area contributed by atoms with E-state index in [0.29, 0.717) is 17.3 Å². The van der Waals surface area contributed by atoms with E-state index < -0.39 is 0 Å². The highest BCUT2D eigenvalue weighted by Crippen LogP contribution is 2.43. The van der Waals surface area contributed by atoms with Gasteiger partial charge in [0, 0.05) is 0 Å². The van der Waals surface area contributed by atoms with Crippen LogP contribution in [0.25, 0.3) is 0 Å². The van der Waals surface area contributed by atoms with Crippen molar-refractivity contribution in [3.05, 3.63) is 0 Å². The first-order valence-corrected chi connectivity index (χ1v) is 6.10. The second-order valence-corrected chi connectivity index (χ2v) is 5.94. The van der Waals surface area contributed by atoms with Crippen LogP contribution in [0.1, 0.15) is 53.9 Å². The first kappa shape index (κ1) is 12.5. The molecule has 0 aromatic rings. The van der Waals surface area contributed by atoms with Crippen molar-refractivity contribution in [3.8, 4) is 0 Å². The minimum atomic E-state index is 0.398. The van der Waals surface area contributed by atoms with E-state index in [9.17, 15) is 0 Å². The molecule has 1 aliphatic rings. The number of hydrogen-bond acceptors (Lipinski definition) is 2. The largest absolute Gasteiger partial charge is 0.411 e. The summed E-state index contributed by atoms with van der Waals surface area (Å²) in [5, 5.41) is 12.3. The minimum Gasteiger partial charge on any atom is -0.411 e. The van der Waals surface area contributed by atoms with Crippen LogP contribution in [0.4, 0.5) is 0 Å². The van der Waals surface area contributed by atoms with Gasteiger partial charge in [0.2, 0.25) is 0 Å². The Balaban J connectivity index is 2.69. The molecule has 1 rings (SSSR count). The van der Waals surface area contributed by atoms with Crippen molar-refractivity contribution in [1.29, 1.82) is 0 Å². The number of rotatable bonds is 2. The van der Waals surface area contributed by atoms with E-state index >= 15 is 0 Å². The molecule has 0 unspecified atom stereocenters. The molecular weight excluding hydrogens is 186 g/mol. The van der Waals surface area contributed by atoms with Gasteiger partial charge < -0.3 is 5.21 Å². The van der Waals surface area contributed by atoms with Crippen molar-refractivity contribution in [1.82, 2.24) is 0 Å². The maximum Gasteiger partial charge on any atom is 0.0599 e. The van der Waals surface area contributed by atoms with Crippen molar-refractivity contribution in [2.45, 2.75) is 53.9 Å². The van der Waals surface area contributed by atoms with Crippen LogP contribution in [-0.4, -0.2) is 10.9 Å². The maximum absolute atomic E-state index is 8.85. The van der Waals surface area contributed by atoms with Crippen LogP contribution < -0.4 is 0 Å². The third kappa shape index (κ3) is 2.53. The first-order chi connectivity index (χ1) is 6.89. The van der Waals surface area contributed by atoms with Gasteiger partial charge in [-0.05, 0) is 42.4 Å². The number of oxime groups is 1. The third-order valence-electron chi connectivity index (χ3n) is 4.62. The number of hydrogen-bond donors (Lipinski definition) is 1. The summed E-state index contributed by atoms with van der Waals surface area (Å²) in [6.45, 7) is 11.5. The van der Waals surface area contributed by atoms with Gasteiger partial charge in [-0.3, -0.25) is 0 Å². The van der Waals surface area contributed by atoms with E-state index in [1.165, 1.54) is 12.8 Å². The lowest BCUT2D eigenvalue weighted by atomic mass is 9.63. The predicted molar refractivity (Wildman–Crippen MR) is 64.3 cm³/mol. The fraction of sp³-hybridized carbons (Fsp3) is 0.923. The molecule has 0 aliphatic heterocycles. The van der Waals surface area contributed by atoms with Crippen LogP contribution in [0.3, 0.4) is 0 Å². The van der Waals surface area contributed by atoms with E-state index in [4.69, 9.17) is 5.21 Å². The molecule has 15 heavy (non-hydrogen) atoms. The molecule has 1 saturated carbocycles. The van der Waals surface area contributed by atoms with E-state index in [1.54, 1.807) is 0 Å². The van der Waals surface area contributed by atoms with Crippen molar-refractivity contribution >= 4 is 5.71 Å². The van der Waals surface area contributed by atoms with Gasteiger partial charge >= 0.3 is 0 Å². The zero-order valence-corrected chi connectivity index (χ0v) is 10.7. The second kappa shape index (κ2) is 4.54. The molecule has 1 fully saturated rings. The third-order valence-corrected chi connectivity index (χ3v) is 4.62. The van der Waals surface area contributed by atoms with Crippen LogP contribution >= 0.6 is 0 Å². The highest BCUT2D eigenvalue weighted by atomic mass is 16.4. The Hall–Kier alpha value is -0.530. The second-order valence-electron chi connectivity index (χ2n) is 5.94. The molecule has 0 aromatic heterocycles. The molecule has 0 bridgehead atoms. The highest BCUT2D eigenvalue weighted by molar-refractivity contribution is 5.86. The molecule has 1 aliphatic carbocycles. The van der Waals surface area contributed by atoms with Crippen LogP contribution in [0.15, 0.2) is 5.16 Å². The Morgan fingerprint density at radius 3 is 2.40 bits per heavy atom. The summed E-state index contributed by atoms with van der Waals surface area (Å²) < 4.78 is 0. The van der Waals surface area contributed by atoms with Crippen molar-refractivity contribution in [2.24, 2.45) is 28.3 Å². The molecule has 2 atom stereocenters. The SMILES string of the molecule is CC(C)C(C)(C)[C@H]1CC/C(=N\O)[C@H](C)C1. The van der Waals surface area contributed by atoms with Crippen molar-refractivity contribution in [3.63, 3.8) is 0 Å². The Kier molecular flexibility index (Phi) is 3.80. The maximum atomic E-state index is 8.85. The van der Waals surface area contributed by atoms with E-state index in [2.05, 4.69) is 39.8 Å². The zero-order chi connectivity index (χ0) is 11.6. The van der Waals surface area contributed by atoms with Crippen LogP contribution in [-0.2, 0) is 0 Å². The van der Waals surface area contributed by atoms with Crippen molar-refractivity contribution in [2.75, 3.05) is 0 Å². The van der Waals surface area contributed by atoms with Gasteiger partial charge in [-0.15, -0.1) is 0 Å². The van der Waals surface area contributed by atoms with Crippen LogP contribution in [0, 0.1) is 23.2 Å². The summed E-state index contributed by atoms with van der Waals surface area (Å²) in [7, 11) is 0. The molecular formula is C13H25NO. The Labute approximate surface area is 93.8 Å². The Morgan fingerprint density at radius 1 is 1.40 bits per heavy atom. The van der Waals surface area contributed by atoms with Gasteiger partial charge in [0.1, 0.15) is 0 Å². The Morgan fingerprint density at radius 2 is 2.00 bits per heavy atom. The molecule has 0 radical (unpaired) electrons. The summed E-state index contributed by atoms with van der Waals surface area (Å²) in [4.78, 5) is 0. The van der Waals surface area contributed by atoms with Gasteiger partial charge in [-0.25, -0.2) is 0 Å². The first-order valence-electron chi connectivity index (χ1n) is 6.10. The van der Waals surface area contributed by atoms with Gasteiger partial charge in [-0.1, -0.05) is 39.8 Å². The lowest BCUT2D eigenvalue weighted by molar-refractivity contribution is 0.107. The summed E-state index contributed by atoms with van der Waals surface area (Å²) in [6.07, 6.45) is 3.32. The average Bonchev–Trinajstić information content (AvgIpc) is 2.17. The Bertz CT molecular complexity index is 243. The van der Waals surface area contributed by atoms with Crippen LogP contribution in [0.5, 0.6) is 0 Å². The van der Waals surface area contributed by atoms with Crippen LogP contribution in [0.2, 0.25) is 0 Å². The summed E-state index contributed by atoms with van der Waals surface area (Å²) in [5.74, 6) is 1.92. The molecule has 0 saturated heterocycles. The molecule has 2 heteroatoms. The molecule has 0 heterocycles. The molecule has 0 amide bonds. The minimum absolute atomic E-state index is 0.398. The summed E-state index contributed by atoms with van der Waals surface area (Å²) in [5.41, 5.74) is 1.39. The van der Waals surface area contributed by atoms with Gasteiger partial charge in [0.15, 0.2) is 0 Å². The van der Waals surface area contributed by atoms with Gasteiger partial charge in [-0.2, -0.15) is 0 Å². The summed E-state index contributed by atoms with van der Waals surface area (Å²) >= 11 is 0. The summed E-state index contributed by atoms with van der Waals surface area (Å²) in [6, 6.07) is 0.